The van der Waals surface area contributed by atoms with Gasteiger partial charge in [-0.25, -0.2) is 0 Å². The summed E-state index contributed by atoms with van der Waals surface area (Å²) < 4.78 is 8.78. The van der Waals surface area contributed by atoms with E-state index in [2.05, 4.69) is 106 Å². The van der Waals surface area contributed by atoms with Crippen LogP contribution in [0.3, 0.4) is 0 Å². The van der Waals surface area contributed by atoms with Crippen molar-refractivity contribution in [1.82, 2.24) is 13.7 Å². The predicted molar refractivity (Wildman–Crippen MR) is 340 cm³/mol. The molecule has 0 saturated heterocycles. The van der Waals surface area contributed by atoms with Crippen LogP contribution in [0.1, 0.15) is 241 Å². The quantitative estimate of drug-likeness (QED) is 0.147. The number of benzene rings is 7. The molecule has 10 aliphatic rings. The molecule has 4 aliphatic heterocycles. The van der Waals surface area contributed by atoms with Crippen molar-refractivity contribution in [3.8, 4) is 17.1 Å². The minimum Gasteiger partial charge on any atom is -0.311 e. The molecule has 3 aromatic heterocycles. The molecular formula is C75H75B2N3. The van der Waals surface area contributed by atoms with E-state index in [1.807, 2.05) is 0 Å². The number of hydrogen-bond donors (Lipinski definition) is 0. The van der Waals surface area contributed by atoms with Gasteiger partial charge in [-0.1, -0.05) is 126 Å². The van der Waals surface area contributed by atoms with Gasteiger partial charge in [-0.2, -0.15) is 0 Å². The van der Waals surface area contributed by atoms with Gasteiger partial charge in [0, 0.05) is 71.4 Å². The fourth-order valence-electron chi connectivity index (χ4n) is 21.0. The summed E-state index contributed by atoms with van der Waals surface area (Å²) in [6.45, 7) is 2.93. The second-order valence-electron chi connectivity index (χ2n) is 28.5. The Labute approximate surface area is 473 Å². The summed E-state index contributed by atoms with van der Waals surface area (Å²) in [6.07, 6.45) is 35.0. The number of hydrogen-bond acceptors (Lipinski definition) is 0. The average Bonchev–Trinajstić information content (AvgIpc) is 4.39. The molecule has 80 heavy (non-hydrogen) atoms. The SMILES string of the molecule is Cc1c2c3c4c5c1-n1c6ccc(C7CCCC7)cc6c6cc(C7CCCC7)cc(c61)B5c1cc(C5CCCC5)cc5c6cc(C7CCCC7)cc(c6n-4c15)B3c1cc(C3CCCCC3)cc3c4cc(C5CCCCC5)ccc4n-2c13. The molecule has 0 unspecified atom stereocenters. The highest BCUT2D eigenvalue weighted by Crippen LogP contribution is 2.50. The Bertz CT molecular complexity index is 4390. The van der Waals surface area contributed by atoms with Gasteiger partial charge >= 0.3 is 0 Å². The molecule has 0 N–H and O–H groups in total. The van der Waals surface area contributed by atoms with Crippen molar-refractivity contribution in [3.05, 3.63) is 124 Å². The zero-order valence-corrected chi connectivity index (χ0v) is 47.4. The maximum absolute atomic E-state index is 2.98. The van der Waals surface area contributed by atoms with Crippen molar-refractivity contribution < 1.29 is 0 Å². The highest BCUT2D eigenvalue weighted by molar-refractivity contribution is 7.04. The van der Waals surface area contributed by atoms with Gasteiger partial charge in [0.2, 0.25) is 0 Å². The summed E-state index contributed by atoms with van der Waals surface area (Å²) in [7, 11) is 0. The van der Waals surface area contributed by atoms with Crippen LogP contribution in [-0.4, -0.2) is 27.1 Å². The van der Waals surface area contributed by atoms with Gasteiger partial charge in [-0.05, 0) is 240 Å². The van der Waals surface area contributed by atoms with E-state index in [0.29, 0.717) is 35.5 Å². The lowest BCUT2D eigenvalue weighted by Gasteiger charge is -2.42. The van der Waals surface area contributed by atoms with Crippen molar-refractivity contribution in [2.75, 3.05) is 0 Å². The first kappa shape index (κ1) is 45.7. The minimum absolute atomic E-state index is 0.156. The summed E-state index contributed by atoms with van der Waals surface area (Å²) in [5, 5.41) is 9.17. The number of rotatable bonds is 6. The molecule has 396 valence electrons. The molecular weight excluding hydrogens is 964 g/mol. The van der Waals surface area contributed by atoms with Crippen LogP contribution in [0.4, 0.5) is 0 Å². The third-order valence-corrected chi connectivity index (χ3v) is 24.6. The van der Waals surface area contributed by atoms with Crippen LogP contribution < -0.4 is 32.8 Å². The van der Waals surface area contributed by atoms with Crippen molar-refractivity contribution in [1.29, 1.82) is 0 Å². The van der Waals surface area contributed by atoms with E-state index in [9.17, 15) is 0 Å². The first-order valence-electron chi connectivity index (χ1n) is 33.2. The predicted octanol–water partition coefficient (Wildman–Crippen LogP) is 16.3. The van der Waals surface area contributed by atoms with E-state index in [1.165, 1.54) is 239 Å². The van der Waals surface area contributed by atoms with Crippen LogP contribution in [0.15, 0.2) is 84.9 Å². The molecule has 3 nitrogen and oxygen atoms in total. The van der Waals surface area contributed by atoms with Crippen LogP contribution in [-0.2, 0) is 0 Å². The zero-order valence-electron chi connectivity index (χ0n) is 47.4. The average molecular weight is 1040 g/mol. The summed E-state index contributed by atoms with van der Waals surface area (Å²) in [5.41, 5.74) is 34.3. The van der Waals surface area contributed by atoms with Gasteiger partial charge < -0.3 is 13.7 Å². The number of nitrogens with zero attached hydrogens (tertiary/aromatic N) is 3. The highest BCUT2D eigenvalue weighted by Gasteiger charge is 2.51. The second kappa shape index (κ2) is 16.6. The van der Waals surface area contributed by atoms with Crippen molar-refractivity contribution in [2.24, 2.45) is 0 Å². The monoisotopic (exact) mass is 1040 g/mol. The van der Waals surface area contributed by atoms with Crippen molar-refractivity contribution >= 4 is 112 Å². The normalized spacial score (nSPS) is 21.2. The Morgan fingerprint density at radius 3 is 0.900 bits per heavy atom. The van der Waals surface area contributed by atoms with Gasteiger partial charge in [0.05, 0.1) is 11.0 Å². The maximum Gasteiger partial charge on any atom is 0.252 e. The molecule has 6 fully saturated rings. The molecule has 7 aromatic carbocycles. The van der Waals surface area contributed by atoms with Crippen LogP contribution in [0.5, 0.6) is 0 Å². The molecule has 6 aliphatic carbocycles. The van der Waals surface area contributed by atoms with Crippen molar-refractivity contribution in [2.45, 2.75) is 209 Å². The Kier molecular flexibility index (Phi) is 9.49. The maximum atomic E-state index is 2.98. The third-order valence-electron chi connectivity index (χ3n) is 24.6. The van der Waals surface area contributed by atoms with E-state index in [4.69, 9.17) is 0 Å². The second-order valence-corrected chi connectivity index (χ2v) is 28.5. The van der Waals surface area contributed by atoms with E-state index in [-0.39, 0.29) is 13.4 Å². The largest absolute Gasteiger partial charge is 0.311 e. The van der Waals surface area contributed by atoms with E-state index in [0.717, 1.165) is 0 Å². The lowest BCUT2D eigenvalue weighted by molar-refractivity contribution is 0.444. The first-order valence-corrected chi connectivity index (χ1v) is 33.2. The molecule has 0 spiro atoms. The molecule has 0 atom stereocenters. The lowest BCUT2D eigenvalue weighted by atomic mass is 9.29. The van der Waals surface area contributed by atoms with Gasteiger partial charge in [0.25, 0.3) is 13.4 Å². The molecule has 6 saturated carbocycles. The van der Waals surface area contributed by atoms with E-state index >= 15 is 0 Å². The molecule has 0 bridgehead atoms. The van der Waals surface area contributed by atoms with Gasteiger partial charge in [0.15, 0.2) is 0 Å². The van der Waals surface area contributed by atoms with Gasteiger partial charge in [-0.15, -0.1) is 0 Å². The molecule has 7 heterocycles. The highest BCUT2D eigenvalue weighted by atomic mass is 15.1. The summed E-state index contributed by atoms with van der Waals surface area (Å²) >= 11 is 0. The number of aromatic nitrogens is 3. The van der Waals surface area contributed by atoms with Crippen LogP contribution >= 0.6 is 0 Å². The summed E-state index contributed by atoms with van der Waals surface area (Å²) in [4.78, 5) is 0. The molecule has 5 heteroatoms. The Morgan fingerprint density at radius 1 is 0.287 bits per heavy atom. The smallest absolute Gasteiger partial charge is 0.252 e. The van der Waals surface area contributed by atoms with E-state index < -0.39 is 0 Å². The van der Waals surface area contributed by atoms with Crippen LogP contribution in [0.25, 0.3) is 82.5 Å². The fourth-order valence-corrected chi connectivity index (χ4v) is 21.0. The third kappa shape index (κ3) is 5.92. The van der Waals surface area contributed by atoms with Crippen molar-refractivity contribution in [3.63, 3.8) is 0 Å². The Morgan fingerprint density at radius 2 is 0.562 bits per heavy atom. The summed E-state index contributed by atoms with van der Waals surface area (Å²) in [5.74, 6) is 3.86. The minimum atomic E-state index is 0.156. The van der Waals surface area contributed by atoms with Crippen LogP contribution in [0, 0.1) is 6.92 Å². The lowest BCUT2D eigenvalue weighted by Crippen LogP contribution is -2.67. The number of fused-ring (bicyclic) bond motifs is 13. The topological polar surface area (TPSA) is 14.8 Å². The van der Waals surface area contributed by atoms with Gasteiger partial charge in [-0.3, -0.25) is 0 Å². The van der Waals surface area contributed by atoms with E-state index in [1.54, 1.807) is 82.6 Å². The summed E-state index contributed by atoms with van der Waals surface area (Å²) in [6, 6.07) is 38.3. The fraction of sp³-hybridized carbons (Fsp3) is 0.440. The Hall–Kier alpha value is -5.93. The van der Waals surface area contributed by atoms with Gasteiger partial charge in [0.1, 0.15) is 0 Å². The Balaban J connectivity index is 0.985. The van der Waals surface area contributed by atoms with Crippen LogP contribution in [0.2, 0.25) is 0 Å². The zero-order chi connectivity index (χ0) is 51.8. The standard InChI is InChI=1S/C75H75B2N3/c1-42-69-67-75-68-70(42)79-66-31-29-50(44-20-8-9-21-44)33-56(66)58-35-52(46-22-10-11-23-46)39-62(72(58)79)77(68)64-41-54(48-26-14-15-27-48)37-60-59-36-53(47-24-12-13-25-47)40-63(73(59)80(75)74(60)64)76(67)61-38-51(45-18-6-3-7-19-45)34-57-55-32-49(43-16-4-2-5-17-43)28-30-65(55)78(69)71(57)61/h28-41,43-48H,2-27H2,1H3. The molecule has 20 rings (SSSR count). The first-order chi connectivity index (χ1) is 39.6. The molecule has 10 aromatic rings. The molecule has 0 radical (unpaired) electrons. The molecule has 0 amide bonds.